The van der Waals surface area contributed by atoms with Gasteiger partial charge in [-0.2, -0.15) is 11.8 Å². The standard InChI is InChI=1S/C11H22N2OS.ClH/c1-9-8-12-6-5-10(9)13-11(14)4-3-7-15-2;/h9-10,12H,3-8H2,1-2H3,(H,13,14);1H. The summed E-state index contributed by atoms with van der Waals surface area (Å²) in [7, 11) is 0. The quantitative estimate of drug-likeness (QED) is 0.744. The zero-order valence-electron chi connectivity index (χ0n) is 10.1. The molecule has 1 rings (SSSR count). The first kappa shape index (κ1) is 16.1. The summed E-state index contributed by atoms with van der Waals surface area (Å²) < 4.78 is 0. The first-order valence-electron chi connectivity index (χ1n) is 5.73. The van der Waals surface area contributed by atoms with Crippen LogP contribution in [0.2, 0.25) is 0 Å². The summed E-state index contributed by atoms with van der Waals surface area (Å²) in [6.07, 6.45) is 4.81. The Labute approximate surface area is 109 Å². The van der Waals surface area contributed by atoms with E-state index in [1.165, 1.54) is 0 Å². The lowest BCUT2D eigenvalue weighted by molar-refractivity contribution is -0.122. The zero-order valence-corrected chi connectivity index (χ0v) is 11.8. The molecular weight excluding hydrogens is 244 g/mol. The minimum Gasteiger partial charge on any atom is -0.353 e. The van der Waals surface area contributed by atoms with E-state index in [2.05, 4.69) is 23.8 Å². The second-order valence-corrected chi connectivity index (χ2v) is 5.23. The molecule has 96 valence electrons. The van der Waals surface area contributed by atoms with Crippen LogP contribution in [-0.2, 0) is 4.79 Å². The van der Waals surface area contributed by atoms with Gasteiger partial charge in [0, 0.05) is 12.5 Å². The van der Waals surface area contributed by atoms with Crippen molar-refractivity contribution < 1.29 is 4.79 Å². The number of piperidine rings is 1. The fourth-order valence-corrected chi connectivity index (χ4v) is 2.32. The van der Waals surface area contributed by atoms with Crippen molar-refractivity contribution in [2.75, 3.05) is 25.1 Å². The second-order valence-electron chi connectivity index (χ2n) is 4.24. The van der Waals surface area contributed by atoms with Crippen molar-refractivity contribution >= 4 is 30.1 Å². The Kier molecular flexibility index (Phi) is 9.18. The van der Waals surface area contributed by atoms with Crippen LogP contribution in [0.5, 0.6) is 0 Å². The van der Waals surface area contributed by atoms with E-state index in [9.17, 15) is 4.79 Å². The van der Waals surface area contributed by atoms with Crippen LogP contribution in [0.1, 0.15) is 26.2 Å². The molecule has 1 saturated heterocycles. The molecule has 0 aromatic heterocycles. The summed E-state index contributed by atoms with van der Waals surface area (Å²) in [5.41, 5.74) is 0. The Bertz CT molecular complexity index is 204. The van der Waals surface area contributed by atoms with Crippen LogP contribution in [0.25, 0.3) is 0 Å². The van der Waals surface area contributed by atoms with Crippen LogP contribution >= 0.6 is 24.2 Å². The number of hydrogen-bond acceptors (Lipinski definition) is 3. The topological polar surface area (TPSA) is 41.1 Å². The third kappa shape index (κ3) is 5.97. The molecule has 0 bridgehead atoms. The van der Waals surface area contributed by atoms with Crippen molar-refractivity contribution in [1.82, 2.24) is 10.6 Å². The van der Waals surface area contributed by atoms with Crippen LogP contribution in [0, 0.1) is 5.92 Å². The molecule has 2 unspecified atom stereocenters. The minimum atomic E-state index is 0. The maximum atomic E-state index is 11.6. The number of amides is 1. The minimum absolute atomic E-state index is 0. The van der Waals surface area contributed by atoms with Crippen LogP contribution in [0.15, 0.2) is 0 Å². The van der Waals surface area contributed by atoms with E-state index in [1.54, 1.807) is 11.8 Å². The Morgan fingerprint density at radius 2 is 2.31 bits per heavy atom. The molecule has 0 spiro atoms. The van der Waals surface area contributed by atoms with Crippen molar-refractivity contribution in [2.24, 2.45) is 5.92 Å². The highest BCUT2D eigenvalue weighted by Crippen LogP contribution is 2.10. The van der Waals surface area contributed by atoms with Gasteiger partial charge in [0.1, 0.15) is 0 Å². The average molecular weight is 267 g/mol. The van der Waals surface area contributed by atoms with Crippen LogP contribution in [0.3, 0.4) is 0 Å². The van der Waals surface area contributed by atoms with Gasteiger partial charge in [-0.25, -0.2) is 0 Å². The lowest BCUT2D eigenvalue weighted by Crippen LogP contribution is -2.48. The Morgan fingerprint density at radius 3 is 2.94 bits per heavy atom. The summed E-state index contributed by atoms with van der Waals surface area (Å²) >= 11 is 1.80. The predicted molar refractivity (Wildman–Crippen MR) is 73.4 cm³/mol. The molecular formula is C11H23ClN2OS. The number of halogens is 1. The van der Waals surface area contributed by atoms with E-state index in [0.717, 1.165) is 31.7 Å². The van der Waals surface area contributed by atoms with Crippen molar-refractivity contribution in [3.05, 3.63) is 0 Å². The highest BCUT2D eigenvalue weighted by molar-refractivity contribution is 7.98. The molecule has 2 N–H and O–H groups in total. The van der Waals surface area contributed by atoms with Gasteiger partial charge in [-0.05, 0) is 43.9 Å². The molecule has 0 radical (unpaired) electrons. The lowest BCUT2D eigenvalue weighted by atomic mass is 9.95. The number of thioether (sulfide) groups is 1. The summed E-state index contributed by atoms with van der Waals surface area (Å²) in [4.78, 5) is 11.6. The molecule has 3 nitrogen and oxygen atoms in total. The largest absolute Gasteiger partial charge is 0.353 e. The van der Waals surface area contributed by atoms with Gasteiger partial charge in [0.2, 0.25) is 5.91 Å². The fourth-order valence-electron chi connectivity index (χ4n) is 1.88. The van der Waals surface area contributed by atoms with Crippen molar-refractivity contribution in [2.45, 2.75) is 32.2 Å². The molecule has 0 aromatic carbocycles. The van der Waals surface area contributed by atoms with Gasteiger partial charge in [-0.3, -0.25) is 4.79 Å². The number of nitrogens with one attached hydrogen (secondary N) is 2. The van der Waals surface area contributed by atoms with Crippen LogP contribution < -0.4 is 10.6 Å². The van der Waals surface area contributed by atoms with E-state index in [4.69, 9.17) is 0 Å². The summed E-state index contributed by atoms with van der Waals surface area (Å²) in [6, 6.07) is 0.382. The van der Waals surface area contributed by atoms with Crippen LogP contribution in [0.4, 0.5) is 0 Å². The van der Waals surface area contributed by atoms with E-state index in [-0.39, 0.29) is 18.3 Å². The van der Waals surface area contributed by atoms with Crippen molar-refractivity contribution in [1.29, 1.82) is 0 Å². The molecule has 16 heavy (non-hydrogen) atoms. The monoisotopic (exact) mass is 266 g/mol. The first-order valence-corrected chi connectivity index (χ1v) is 7.12. The zero-order chi connectivity index (χ0) is 11.1. The number of carbonyl (C=O) groups excluding carboxylic acids is 1. The van der Waals surface area contributed by atoms with Gasteiger partial charge in [0.05, 0.1) is 0 Å². The van der Waals surface area contributed by atoms with Crippen molar-refractivity contribution in [3.8, 4) is 0 Å². The predicted octanol–water partition coefficient (Wildman–Crippen LogP) is 1.67. The van der Waals surface area contributed by atoms with Crippen LogP contribution in [-0.4, -0.2) is 37.0 Å². The highest BCUT2D eigenvalue weighted by Gasteiger charge is 2.21. The van der Waals surface area contributed by atoms with E-state index >= 15 is 0 Å². The highest BCUT2D eigenvalue weighted by atomic mass is 35.5. The van der Waals surface area contributed by atoms with Gasteiger partial charge in [0.25, 0.3) is 0 Å². The van der Waals surface area contributed by atoms with E-state index < -0.39 is 0 Å². The van der Waals surface area contributed by atoms with Gasteiger partial charge >= 0.3 is 0 Å². The molecule has 0 saturated carbocycles. The van der Waals surface area contributed by atoms with E-state index in [1.807, 2.05) is 0 Å². The second kappa shape index (κ2) is 9.14. The van der Waals surface area contributed by atoms with Gasteiger partial charge < -0.3 is 10.6 Å². The fraction of sp³-hybridized carbons (Fsp3) is 0.909. The Hall–Kier alpha value is 0.0700. The first-order chi connectivity index (χ1) is 7.24. The maximum Gasteiger partial charge on any atom is 0.220 e. The number of carbonyl (C=O) groups is 1. The SMILES string of the molecule is CSCCCC(=O)NC1CCNCC1C.Cl. The number of hydrogen-bond donors (Lipinski definition) is 2. The molecule has 0 aromatic rings. The molecule has 0 aliphatic carbocycles. The molecule has 1 aliphatic heterocycles. The van der Waals surface area contributed by atoms with Gasteiger partial charge in [0.15, 0.2) is 0 Å². The maximum absolute atomic E-state index is 11.6. The van der Waals surface area contributed by atoms with Crippen molar-refractivity contribution in [3.63, 3.8) is 0 Å². The van der Waals surface area contributed by atoms with Gasteiger partial charge in [-0.15, -0.1) is 12.4 Å². The smallest absolute Gasteiger partial charge is 0.220 e. The molecule has 5 heteroatoms. The number of rotatable bonds is 5. The normalized spacial score (nSPS) is 24.6. The Morgan fingerprint density at radius 1 is 1.56 bits per heavy atom. The molecule has 1 aliphatic rings. The van der Waals surface area contributed by atoms with Gasteiger partial charge in [-0.1, -0.05) is 6.92 Å². The third-order valence-electron chi connectivity index (χ3n) is 2.88. The molecule has 2 atom stereocenters. The summed E-state index contributed by atoms with van der Waals surface area (Å²) in [5, 5.41) is 6.47. The summed E-state index contributed by atoms with van der Waals surface area (Å²) in [6.45, 7) is 4.24. The average Bonchev–Trinajstić information content (AvgIpc) is 2.22. The lowest BCUT2D eigenvalue weighted by Gasteiger charge is -2.30. The third-order valence-corrected chi connectivity index (χ3v) is 3.58. The van der Waals surface area contributed by atoms with E-state index in [0.29, 0.717) is 18.4 Å². The Balaban J connectivity index is 0.00000225. The summed E-state index contributed by atoms with van der Waals surface area (Å²) in [5.74, 6) is 1.86. The molecule has 1 fully saturated rings. The molecule has 1 amide bonds. The molecule has 1 heterocycles.